The van der Waals surface area contributed by atoms with Gasteiger partial charge in [-0.1, -0.05) is 30.3 Å². The van der Waals surface area contributed by atoms with Gasteiger partial charge in [-0.25, -0.2) is 12.8 Å². The first-order chi connectivity index (χ1) is 10.9. The van der Waals surface area contributed by atoms with Gasteiger partial charge in [-0.15, -0.1) is 0 Å². The van der Waals surface area contributed by atoms with Crippen molar-refractivity contribution in [2.45, 2.75) is 21.6 Å². The third-order valence-corrected chi connectivity index (χ3v) is 6.62. The molecule has 0 bridgehead atoms. The van der Waals surface area contributed by atoms with Crippen molar-refractivity contribution in [3.05, 3.63) is 66.0 Å². The Balaban J connectivity index is 2.04. The molecule has 0 amide bonds. The normalized spacial score (nSPS) is 26.9. The van der Waals surface area contributed by atoms with Crippen LogP contribution in [0.25, 0.3) is 0 Å². The van der Waals surface area contributed by atoms with E-state index >= 15 is 0 Å². The van der Waals surface area contributed by atoms with E-state index in [1.54, 1.807) is 42.5 Å². The summed E-state index contributed by atoms with van der Waals surface area (Å²) in [5.74, 6) is -0.909. The third kappa shape index (κ3) is 2.67. The Labute approximate surface area is 135 Å². The molecule has 2 N–H and O–H groups in total. The van der Waals surface area contributed by atoms with Gasteiger partial charge in [-0.3, -0.25) is 0 Å². The van der Waals surface area contributed by atoms with E-state index in [-0.39, 0.29) is 11.5 Å². The van der Waals surface area contributed by atoms with Gasteiger partial charge in [-0.2, -0.15) is 0 Å². The molecule has 6 heteroatoms. The molecule has 3 atom stereocenters. The number of nitrogens with two attached hydrogens (primary N) is 1. The maximum atomic E-state index is 13.5. The summed E-state index contributed by atoms with van der Waals surface area (Å²) in [6, 6.07) is 14.1. The predicted molar refractivity (Wildman–Crippen MR) is 85.4 cm³/mol. The molecule has 1 fully saturated rings. The zero-order valence-electron chi connectivity index (χ0n) is 12.6. The number of hydrogen-bond acceptors (Lipinski definition) is 4. The molecule has 0 unspecified atom stereocenters. The highest BCUT2D eigenvalue weighted by atomic mass is 32.2. The van der Waals surface area contributed by atoms with Crippen molar-refractivity contribution in [1.82, 2.24) is 0 Å². The van der Waals surface area contributed by atoms with Crippen molar-refractivity contribution in [3.63, 3.8) is 0 Å². The Morgan fingerprint density at radius 2 is 1.87 bits per heavy atom. The second-order valence-electron chi connectivity index (χ2n) is 5.86. The highest BCUT2D eigenvalue weighted by Gasteiger charge is 2.69. The first-order valence-electron chi connectivity index (χ1n) is 7.23. The van der Waals surface area contributed by atoms with E-state index in [1.807, 2.05) is 0 Å². The first kappa shape index (κ1) is 16.1. The number of hydrogen-bond donors (Lipinski definition) is 1. The molecule has 2 aromatic rings. The van der Waals surface area contributed by atoms with E-state index in [1.165, 1.54) is 19.2 Å². The van der Waals surface area contributed by atoms with Crippen molar-refractivity contribution in [1.29, 1.82) is 0 Å². The topological polar surface area (TPSA) is 69.4 Å². The Kier molecular flexibility index (Phi) is 4.00. The van der Waals surface area contributed by atoms with Crippen molar-refractivity contribution >= 4 is 9.84 Å². The van der Waals surface area contributed by atoms with Crippen molar-refractivity contribution in [3.8, 4) is 0 Å². The molecule has 1 saturated carbocycles. The number of methoxy groups -OCH3 is 1. The van der Waals surface area contributed by atoms with Crippen LogP contribution in [0.4, 0.5) is 4.39 Å². The lowest BCUT2D eigenvalue weighted by Crippen LogP contribution is -2.35. The van der Waals surface area contributed by atoms with Gasteiger partial charge < -0.3 is 10.5 Å². The molecule has 122 valence electrons. The summed E-state index contributed by atoms with van der Waals surface area (Å²) in [4.78, 5) is 0.217. The minimum absolute atomic E-state index is 0.0882. The Morgan fingerprint density at radius 1 is 1.17 bits per heavy atom. The lowest BCUT2D eigenvalue weighted by atomic mass is 10.1. The molecule has 23 heavy (non-hydrogen) atoms. The second kappa shape index (κ2) is 5.70. The van der Waals surface area contributed by atoms with Crippen LogP contribution in [0, 0.1) is 5.82 Å². The van der Waals surface area contributed by atoms with E-state index in [2.05, 4.69) is 0 Å². The summed E-state index contributed by atoms with van der Waals surface area (Å²) in [6.07, 6.45) is 0. The van der Waals surface area contributed by atoms with E-state index in [4.69, 9.17) is 10.5 Å². The summed E-state index contributed by atoms with van der Waals surface area (Å²) in [5.41, 5.74) is 5.84. The summed E-state index contributed by atoms with van der Waals surface area (Å²) in [6.45, 7) is 0.0882. The number of rotatable bonds is 5. The molecule has 0 aromatic heterocycles. The Bertz CT molecular complexity index is 810. The monoisotopic (exact) mass is 335 g/mol. The zero-order valence-corrected chi connectivity index (χ0v) is 13.5. The fourth-order valence-electron chi connectivity index (χ4n) is 3.25. The van der Waals surface area contributed by atoms with Crippen LogP contribution in [0.2, 0.25) is 0 Å². The van der Waals surface area contributed by atoms with Crippen LogP contribution in [0.1, 0.15) is 11.5 Å². The summed E-state index contributed by atoms with van der Waals surface area (Å²) in [5, 5.41) is -0.834. The van der Waals surface area contributed by atoms with Gasteiger partial charge in [0.1, 0.15) is 5.82 Å². The number of benzene rings is 2. The summed E-state index contributed by atoms with van der Waals surface area (Å²) < 4.78 is 44.5. The van der Waals surface area contributed by atoms with Crippen molar-refractivity contribution in [2.24, 2.45) is 5.73 Å². The van der Waals surface area contributed by atoms with Crippen LogP contribution in [0.5, 0.6) is 0 Å². The molecule has 0 heterocycles. The average molecular weight is 335 g/mol. The highest BCUT2D eigenvalue weighted by Crippen LogP contribution is 2.55. The summed E-state index contributed by atoms with van der Waals surface area (Å²) in [7, 11) is -2.16. The molecular weight excluding hydrogens is 317 g/mol. The van der Waals surface area contributed by atoms with Crippen LogP contribution in [-0.4, -0.2) is 32.9 Å². The maximum absolute atomic E-state index is 13.5. The van der Waals surface area contributed by atoms with Gasteiger partial charge in [0.25, 0.3) is 0 Å². The molecular formula is C17H18FNO3S. The minimum Gasteiger partial charge on any atom is -0.383 e. The largest absolute Gasteiger partial charge is 0.383 e. The van der Waals surface area contributed by atoms with Crippen molar-refractivity contribution in [2.75, 3.05) is 13.7 Å². The Morgan fingerprint density at radius 3 is 2.48 bits per heavy atom. The zero-order chi connectivity index (χ0) is 16.7. The fourth-order valence-corrected chi connectivity index (χ4v) is 5.57. The Hall–Kier alpha value is -1.76. The smallest absolute Gasteiger partial charge is 0.183 e. The van der Waals surface area contributed by atoms with Gasteiger partial charge in [-0.05, 0) is 29.8 Å². The van der Waals surface area contributed by atoms with Gasteiger partial charge in [0.05, 0.1) is 22.3 Å². The van der Waals surface area contributed by atoms with Gasteiger partial charge in [0.15, 0.2) is 9.84 Å². The molecule has 3 rings (SSSR count). The minimum atomic E-state index is -3.63. The molecule has 2 aromatic carbocycles. The van der Waals surface area contributed by atoms with E-state index in [9.17, 15) is 12.8 Å². The van der Waals surface area contributed by atoms with Crippen LogP contribution in [-0.2, 0) is 14.6 Å². The highest BCUT2D eigenvalue weighted by molar-refractivity contribution is 7.92. The predicted octanol–water partition coefficient (Wildman–Crippen LogP) is 2.11. The van der Waals surface area contributed by atoms with Crippen LogP contribution >= 0.6 is 0 Å². The SMILES string of the molecule is COC[C@]1(N)[C@H](c2cccc(F)c2)[C@H]1S(=O)(=O)c1ccccc1. The number of halogens is 1. The van der Waals surface area contributed by atoms with Crippen LogP contribution < -0.4 is 5.73 Å². The van der Waals surface area contributed by atoms with Gasteiger partial charge in [0, 0.05) is 13.0 Å². The maximum Gasteiger partial charge on any atom is 0.183 e. The van der Waals surface area contributed by atoms with Gasteiger partial charge in [0.2, 0.25) is 0 Å². The van der Waals surface area contributed by atoms with E-state index in [0.29, 0.717) is 5.56 Å². The molecule has 1 aliphatic rings. The molecule has 4 nitrogen and oxygen atoms in total. The van der Waals surface area contributed by atoms with Gasteiger partial charge >= 0.3 is 0 Å². The lowest BCUT2D eigenvalue weighted by molar-refractivity contribution is 0.171. The molecule has 0 aliphatic heterocycles. The van der Waals surface area contributed by atoms with Crippen molar-refractivity contribution < 1.29 is 17.5 Å². The standard InChI is InChI=1S/C17H18FNO3S/c1-22-11-17(19)15(12-6-5-7-13(18)10-12)16(17)23(20,21)14-8-3-2-4-9-14/h2-10,15-16H,11,19H2,1H3/t15-,16-,17+/m1/s1. The summed E-state index contributed by atoms with van der Waals surface area (Å²) >= 11 is 0. The van der Waals surface area contributed by atoms with Crippen LogP contribution in [0.15, 0.2) is 59.5 Å². The average Bonchev–Trinajstić information content (AvgIpc) is 3.15. The van der Waals surface area contributed by atoms with E-state index in [0.717, 1.165) is 0 Å². The quantitative estimate of drug-likeness (QED) is 0.908. The third-order valence-electron chi connectivity index (χ3n) is 4.31. The molecule has 1 aliphatic carbocycles. The van der Waals surface area contributed by atoms with E-state index < -0.39 is 32.4 Å². The molecule has 0 radical (unpaired) electrons. The molecule has 0 saturated heterocycles. The first-order valence-corrected chi connectivity index (χ1v) is 8.78. The lowest BCUT2D eigenvalue weighted by Gasteiger charge is -2.11. The second-order valence-corrected chi connectivity index (χ2v) is 7.93. The number of sulfone groups is 1. The van der Waals surface area contributed by atoms with Crippen LogP contribution in [0.3, 0.4) is 0 Å². The number of ether oxygens (including phenoxy) is 1. The molecule has 0 spiro atoms. The fraction of sp³-hybridized carbons (Fsp3) is 0.294.